The summed E-state index contributed by atoms with van der Waals surface area (Å²) in [7, 11) is 1.71. The molecule has 0 aliphatic rings. The smallest absolute Gasteiger partial charge is 0.119 e. The third kappa shape index (κ3) is 7.85. The molecular weight excluding hydrogens is 238 g/mol. The fraction of sp³-hybridized carbons (Fsp3) is 0.625. The normalized spacial score (nSPS) is 11.6. The second-order valence-electron chi connectivity index (χ2n) is 5.97. The van der Waals surface area contributed by atoms with Crippen molar-refractivity contribution >= 4 is 0 Å². The van der Waals surface area contributed by atoms with E-state index in [9.17, 15) is 0 Å². The third-order valence-electron chi connectivity index (χ3n) is 2.86. The molecule has 0 aliphatic carbocycles. The van der Waals surface area contributed by atoms with Gasteiger partial charge in [0.05, 0.1) is 13.2 Å². The van der Waals surface area contributed by atoms with E-state index < -0.39 is 0 Å². The lowest BCUT2D eigenvalue weighted by molar-refractivity contribution is 0.199. The van der Waals surface area contributed by atoms with E-state index in [1.165, 1.54) is 5.56 Å². The second-order valence-corrected chi connectivity index (χ2v) is 5.97. The maximum Gasteiger partial charge on any atom is 0.119 e. The van der Waals surface area contributed by atoms with Crippen molar-refractivity contribution in [3.8, 4) is 5.75 Å². The average Bonchev–Trinajstić information content (AvgIpc) is 2.35. The van der Waals surface area contributed by atoms with Crippen LogP contribution in [0.5, 0.6) is 5.75 Å². The van der Waals surface area contributed by atoms with Crippen LogP contribution in [-0.4, -0.2) is 26.9 Å². The van der Waals surface area contributed by atoms with Gasteiger partial charge in [0.2, 0.25) is 0 Å². The van der Waals surface area contributed by atoms with Gasteiger partial charge in [0.15, 0.2) is 0 Å². The highest BCUT2D eigenvalue weighted by Crippen LogP contribution is 2.19. The first kappa shape index (κ1) is 16.0. The molecule has 0 atom stereocenters. The molecule has 3 heteroatoms. The number of methoxy groups -OCH3 is 1. The minimum Gasteiger partial charge on any atom is -0.494 e. The van der Waals surface area contributed by atoms with Gasteiger partial charge in [0, 0.05) is 20.2 Å². The molecule has 1 aromatic carbocycles. The monoisotopic (exact) mass is 265 g/mol. The number of ether oxygens (including phenoxy) is 2. The summed E-state index contributed by atoms with van der Waals surface area (Å²) in [6, 6.07) is 8.28. The minimum absolute atomic E-state index is 0.325. The first-order chi connectivity index (χ1) is 9.01. The Morgan fingerprint density at radius 2 is 1.74 bits per heavy atom. The summed E-state index contributed by atoms with van der Waals surface area (Å²) >= 11 is 0. The molecule has 3 nitrogen and oxygen atoms in total. The Kier molecular flexibility index (Phi) is 6.89. The lowest BCUT2D eigenvalue weighted by Crippen LogP contribution is -2.18. The van der Waals surface area contributed by atoms with Gasteiger partial charge >= 0.3 is 0 Å². The molecule has 0 aliphatic heterocycles. The summed E-state index contributed by atoms with van der Waals surface area (Å²) in [5.41, 5.74) is 1.59. The molecule has 0 fully saturated rings. The molecule has 0 heterocycles. The van der Waals surface area contributed by atoms with Crippen LogP contribution >= 0.6 is 0 Å². The molecular formula is C16H27NO2. The summed E-state index contributed by atoms with van der Waals surface area (Å²) < 4.78 is 10.7. The molecule has 0 unspecified atom stereocenters. The van der Waals surface area contributed by atoms with Gasteiger partial charge in [-0.2, -0.15) is 0 Å². The standard InChI is InChI=1S/C16H27NO2/c1-16(2,3)9-11-19-15-7-5-14(6-8-15)13-17-10-12-18-4/h5-8,17H,9-13H2,1-4H3. The molecule has 0 aromatic heterocycles. The lowest BCUT2D eigenvalue weighted by Gasteiger charge is -2.18. The highest BCUT2D eigenvalue weighted by atomic mass is 16.5. The molecule has 1 aromatic rings. The summed E-state index contributed by atoms with van der Waals surface area (Å²) in [6.45, 7) is 9.94. The van der Waals surface area contributed by atoms with Crippen molar-refractivity contribution in [1.29, 1.82) is 0 Å². The van der Waals surface area contributed by atoms with Crippen LogP contribution in [0.3, 0.4) is 0 Å². The van der Waals surface area contributed by atoms with Gasteiger partial charge in [0.1, 0.15) is 5.75 Å². The fourth-order valence-corrected chi connectivity index (χ4v) is 1.59. The highest BCUT2D eigenvalue weighted by Gasteiger charge is 2.09. The lowest BCUT2D eigenvalue weighted by atomic mass is 9.93. The van der Waals surface area contributed by atoms with Crippen LogP contribution in [0.15, 0.2) is 24.3 Å². The Balaban J connectivity index is 2.27. The predicted octanol–water partition coefficient (Wildman–Crippen LogP) is 3.24. The Hall–Kier alpha value is -1.06. The molecule has 0 amide bonds. The molecule has 1 N–H and O–H groups in total. The number of nitrogens with one attached hydrogen (secondary N) is 1. The van der Waals surface area contributed by atoms with Crippen molar-refractivity contribution in [2.75, 3.05) is 26.9 Å². The first-order valence-electron chi connectivity index (χ1n) is 6.93. The van der Waals surface area contributed by atoms with E-state index in [-0.39, 0.29) is 0 Å². The molecule has 0 saturated heterocycles. The van der Waals surface area contributed by atoms with Crippen LogP contribution in [0.2, 0.25) is 0 Å². The number of hydrogen-bond donors (Lipinski definition) is 1. The van der Waals surface area contributed by atoms with E-state index >= 15 is 0 Å². The third-order valence-corrected chi connectivity index (χ3v) is 2.86. The van der Waals surface area contributed by atoms with E-state index in [0.717, 1.165) is 38.5 Å². The number of benzene rings is 1. The van der Waals surface area contributed by atoms with Crippen LogP contribution in [0, 0.1) is 5.41 Å². The topological polar surface area (TPSA) is 30.5 Å². The maximum atomic E-state index is 5.74. The zero-order valence-corrected chi connectivity index (χ0v) is 12.7. The first-order valence-corrected chi connectivity index (χ1v) is 6.93. The molecule has 0 saturated carbocycles. The van der Waals surface area contributed by atoms with E-state index in [1.54, 1.807) is 7.11 Å². The van der Waals surface area contributed by atoms with Crippen LogP contribution in [-0.2, 0) is 11.3 Å². The zero-order valence-electron chi connectivity index (χ0n) is 12.7. The quantitative estimate of drug-likeness (QED) is 0.732. The maximum absolute atomic E-state index is 5.74. The van der Waals surface area contributed by atoms with Crippen molar-refractivity contribution < 1.29 is 9.47 Å². The van der Waals surface area contributed by atoms with E-state index in [1.807, 2.05) is 12.1 Å². The number of rotatable bonds is 8. The Bertz CT molecular complexity index is 341. The van der Waals surface area contributed by atoms with Gasteiger partial charge < -0.3 is 14.8 Å². The Morgan fingerprint density at radius 3 is 2.32 bits per heavy atom. The molecule has 1 rings (SSSR count). The Labute approximate surface area is 117 Å². The predicted molar refractivity (Wildman–Crippen MR) is 79.6 cm³/mol. The van der Waals surface area contributed by atoms with Crippen LogP contribution in [0.25, 0.3) is 0 Å². The highest BCUT2D eigenvalue weighted by molar-refractivity contribution is 5.27. The van der Waals surface area contributed by atoms with Gasteiger partial charge in [-0.1, -0.05) is 32.9 Å². The van der Waals surface area contributed by atoms with Crippen molar-refractivity contribution in [1.82, 2.24) is 5.32 Å². The largest absolute Gasteiger partial charge is 0.494 e. The SMILES string of the molecule is COCCNCc1ccc(OCCC(C)(C)C)cc1. The summed E-state index contributed by atoms with van der Waals surface area (Å²) in [6.07, 6.45) is 1.06. The van der Waals surface area contributed by atoms with Gasteiger partial charge in [-0.05, 0) is 29.5 Å². The molecule has 0 bridgehead atoms. The summed E-state index contributed by atoms with van der Waals surface area (Å²) in [5.74, 6) is 0.949. The van der Waals surface area contributed by atoms with Gasteiger partial charge in [-0.25, -0.2) is 0 Å². The van der Waals surface area contributed by atoms with Gasteiger partial charge in [0.25, 0.3) is 0 Å². The van der Waals surface area contributed by atoms with Crippen molar-refractivity contribution in [3.63, 3.8) is 0 Å². The van der Waals surface area contributed by atoms with Gasteiger partial charge in [-0.15, -0.1) is 0 Å². The van der Waals surface area contributed by atoms with Gasteiger partial charge in [-0.3, -0.25) is 0 Å². The second kappa shape index (κ2) is 8.18. The summed E-state index contributed by atoms with van der Waals surface area (Å²) in [5, 5.41) is 3.32. The van der Waals surface area contributed by atoms with E-state index in [4.69, 9.17) is 9.47 Å². The molecule has 19 heavy (non-hydrogen) atoms. The number of hydrogen-bond acceptors (Lipinski definition) is 3. The van der Waals surface area contributed by atoms with Crippen LogP contribution in [0.4, 0.5) is 0 Å². The summed E-state index contributed by atoms with van der Waals surface area (Å²) in [4.78, 5) is 0. The minimum atomic E-state index is 0.325. The average molecular weight is 265 g/mol. The van der Waals surface area contributed by atoms with Crippen molar-refractivity contribution in [2.24, 2.45) is 5.41 Å². The van der Waals surface area contributed by atoms with E-state index in [0.29, 0.717) is 5.41 Å². The molecule has 108 valence electrons. The van der Waals surface area contributed by atoms with Crippen LogP contribution in [0.1, 0.15) is 32.8 Å². The Morgan fingerprint density at radius 1 is 1.05 bits per heavy atom. The van der Waals surface area contributed by atoms with E-state index in [2.05, 4.69) is 38.2 Å². The molecule has 0 spiro atoms. The van der Waals surface area contributed by atoms with Crippen molar-refractivity contribution in [2.45, 2.75) is 33.7 Å². The fourth-order valence-electron chi connectivity index (χ4n) is 1.59. The van der Waals surface area contributed by atoms with Crippen molar-refractivity contribution in [3.05, 3.63) is 29.8 Å². The zero-order chi connectivity index (χ0) is 14.1. The van der Waals surface area contributed by atoms with Crippen LogP contribution < -0.4 is 10.1 Å². The molecule has 0 radical (unpaired) electrons.